The van der Waals surface area contributed by atoms with E-state index < -0.39 is 28.8 Å². The topological polar surface area (TPSA) is 82.0 Å². The molecule has 7 nitrogen and oxygen atoms in total. The lowest BCUT2D eigenvalue weighted by molar-refractivity contribution is -0.0885. The minimum atomic E-state index is -4.55. The number of halogens is 4. The van der Waals surface area contributed by atoms with Crippen molar-refractivity contribution in [1.82, 2.24) is 18.7 Å². The Morgan fingerprint density at radius 2 is 1.94 bits per heavy atom. The molecule has 0 saturated heterocycles. The summed E-state index contributed by atoms with van der Waals surface area (Å²) in [6.45, 7) is -0.338. The molecule has 2 aromatic heterocycles. The van der Waals surface area contributed by atoms with E-state index in [-0.39, 0.29) is 61.5 Å². The van der Waals surface area contributed by atoms with Crippen molar-refractivity contribution in [2.75, 3.05) is 6.61 Å². The average Bonchev–Trinajstić information content (AvgIpc) is 3.18. The van der Waals surface area contributed by atoms with Gasteiger partial charge in [0.15, 0.2) is 17.0 Å². The molecule has 34 heavy (non-hydrogen) atoms. The van der Waals surface area contributed by atoms with Crippen molar-refractivity contribution in [2.45, 2.75) is 38.5 Å². The van der Waals surface area contributed by atoms with E-state index in [9.17, 15) is 27.2 Å². The highest BCUT2D eigenvalue weighted by Gasteiger charge is 2.34. The fraction of sp³-hybridized carbons (Fsp3) is 0.348. The van der Waals surface area contributed by atoms with E-state index in [1.54, 1.807) is 0 Å². The lowest BCUT2D eigenvalue weighted by Gasteiger charge is -2.17. The Bertz CT molecular complexity index is 1490. The summed E-state index contributed by atoms with van der Waals surface area (Å²) in [6.07, 6.45) is 0.642. The molecule has 0 unspecified atom stereocenters. The number of hydrogen-bond acceptors (Lipinski definition) is 4. The zero-order valence-corrected chi connectivity index (χ0v) is 18.1. The van der Waals surface area contributed by atoms with E-state index in [4.69, 9.17) is 5.11 Å². The largest absolute Gasteiger partial charge is 0.416 e. The molecule has 0 aromatic carbocycles. The van der Waals surface area contributed by atoms with E-state index in [1.807, 2.05) is 0 Å². The Morgan fingerprint density at radius 3 is 2.59 bits per heavy atom. The molecule has 178 valence electrons. The van der Waals surface area contributed by atoms with Crippen LogP contribution in [-0.4, -0.2) is 36.6 Å². The fourth-order valence-corrected chi connectivity index (χ4v) is 3.93. The fourth-order valence-electron chi connectivity index (χ4n) is 3.93. The van der Waals surface area contributed by atoms with Crippen LogP contribution in [0.4, 0.5) is 17.6 Å². The predicted molar refractivity (Wildman–Crippen MR) is 117 cm³/mol. The molecular weight excluding hydrogens is 456 g/mol. The zero-order chi connectivity index (χ0) is 24.6. The van der Waals surface area contributed by atoms with E-state index in [0.29, 0.717) is 5.57 Å². The third-order valence-electron chi connectivity index (χ3n) is 5.60. The average molecular weight is 476 g/mol. The summed E-state index contributed by atoms with van der Waals surface area (Å²) < 4.78 is 57.0. The number of aromatic nitrogens is 4. The number of fused-ring (bicyclic) bond motifs is 1. The second kappa shape index (κ2) is 8.95. The molecule has 1 N–H and O–H groups in total. The van der Waals surface area contributed by atoms with Crippen LogP contribution in [-0.2, 0) is 20.1 Å². The Balaban J connectivity index is 2.01. The quantitative estimate of drug-likeness (QED) is 0.513. The van der Waals surface area contributed by atoms with Crippen LogP contribution < -0.4 is 11.2 Å². The molecule has 2 aliphatic rings. The first-order valence-corrected chi connectivity index (χ1v) is 10.5. The summed E-state index contributed by atoms with van der Waals surface area (Å²) in [5, 5.41) is 9.14. The van der Waals surface area contributed by atoms with Gasteiger partial charge in [-0.05, 0) is 48.8 Å². The van der Waals surface area contributed by atoms with Gasteiger partial charge in [-0.3, -0.25) is 13.9 Å². The number of aryl methyl sites for hydroxylation is 1. The molecule has 0 aliphatic heterocycles. The molecule has 2 heterocycles. The number of hydrogen-bond donors (Lipinski definition) is 1. The molecule has 4 rings (SSSR count). The normalized spacial score (nSPS) is 15.9. The summed E-state index contributed by atoms with van der Waals surface area (Å²) in [7, 11) is 1.41. The van der Waals surface area contributed by atoms with Crippen molar-refractivity contribution in [2.24, 2.45) is 7.05 Å². The highest BCUT2D eigenvalue weighted by atomic mass is 19.4. The van der Waals surface area contributed by atoms with Gasteiger partial charge in [0.05, 0.1) is 12.1 Å². The van der Waals surface area contributed by atoms with Crippen LogP contribution in [0.5, 0.6) is 0 Å². The van der Waals surface area contributed by atoms with E-state index >= 15 is 0 Å². The number of nitrogens with zero attached hydrogens (tertiary/aromatic N) is 4. The summed E-state index contributed by atoms with van der Waals surface area (Å²) in [5.41, 5.74) is 3.47. The SMILES string of the molecule is Cn1c(=O)n(CCCO)c(=O)c2c1nc(C1=CC(C(F)(F)F)=CCC1)n2CC1=C=C=C(F)C=C1. The van der Waals surface area contributed by atoms with Crippen LogP contribution in [0.3, 0.4) is 0 Å². The predicted octanol–water partition coefficient (Wildman–Crippen LogP) is 3.05. The Kier molecular flexibility index (Phi) is 6.18. The summed E-state index contributed by atoms with van der Waals surface area (Å²) in [5.74, 6) is -0.530. The Hall–Kier alpha value is -3.65. The van der Waals surface area contributed by atoms with Crippen LogP contribution in [0.15, 0.2) is 62.3 Å². The molecule has 0 radical (unpaired) electrons. The molecule has 0 amide bonds. The maximum absolute atomic E-state index is 13.4. The van der Waals surface area contributed by atoms with Gasteiger partial charge in [0.1, 0.15) is 5.82 Å². The number of alkyl halides is 3. The maximum atomic E-state index is 13.4. The van der Waals surface area contributed by atoms with Crippen molar-refractivity contribution < 1.29 is 22.7 Å². The van der Waals surface area contributed by atoms with Crippen molar-refractivity contribution in [3.8, 4) is 0 Å². The number of imidazole rings is 1. The van der Waals surface area contributed by atoms with E-state index in [1.165, 1.54) is 17.7 Å². The third kappa shape index (κ3) is 4.28. The highest BCUT2D eigenvalue weighted by Crippen LogP contribution is 2.35. The van der Waals surface area contributed by atoms with E-state index in [2.05, 4.69) is 16.4 Å². The Labute approximate surface area is 190 Å². The number of aliphatic hydroxyl groups excluding tert-OH is 1. The third-order valence-corrected chi connectivity index (χ3v) is 5.60. The molecule has 0 bridgehead atoms. The number of allylic oxidation sites excluding steroid dienone is 8. The first-order chi connectivity index (χ1) is 16.1. The second-order valence-electron chi connectivity index (χ2n) is 7.89. The van der Waals surface area contributed by atoms with Gasteiger partial charge in [-0.1, -0.05) is 11.8 Å². The molecule has 11 heteroatoms. The minimum Gasteiger partial charge on any atom is -0.396 e. The number of aliphatic hydroxyl groups is 1. The van der Waals surface area contributed by atoms with Crippen LogP contribution >= 0.6 is 0 Å². The summed E-state index contributed by atoms with van der Waals surface area (Å²) in [4.78, 5) is 30.5. The van der Waals surface area contributed by atoms with Gasteiger partial charge in [-0.15, -0.1) is 0 Å². The van der Waals surface area contributed by atoms with Crippen LogP contribution in [0.25, 0.3) is 16.7 Å². The zero-order valence-electron chi connectivity index (χ0n) is 18.1. The van der Waals surface area contributed by atoms with Crippen LogP contribution in [0.1, 0.15) is 25.1 Å². The van der Waals surface area contributed by atoms with Gasteiger partial charge in [0, 0.05) is 25.8 Å². The van der Waals surface area contributed by atoms with Gasteiger partial charge in [-0.2, -0.15) is 17.6 Å². The van der Waals surface area contributed by atoms with Crippen LogP contribution in [0, 0.1) is 0 Å². The minimum absolute atomic E-state index is 0.0109. The standard InChI is InChI=1S/C23H20F4N4O3/c1-29-20-18(21(33)30(22(29)34)10-3-11-32)31(13-14-6-8-17(24)9-7-14)19(28-20)15-4-2-5-16(12-15)23(25,26)27/h5-6,8,12,32H,2-4,10-11,13H2,1H3. The van der Waals surface area contributed by atoms with Gasteiger partial charge in [0.2, 0.25) is 0 Å². The molecule has 0 atom stereocenters. The van der Waals surface area contributed by atoms with Crippen molar-refractivity contribution in [3.05, 3.63) is 79.4 Å². The smallest absolute Gasteiger partial charge is 0.396 e. The molecular formula is C23H20F4N4O3. The van der Waals surface area contributed by atoms with E-state index in [0.717, 1.165) is 27.4 Å². The molecule has 0 saturated carbocycles. The van der Waals surface area contributed by atoms with Crippen LogP contribution in [0.2, 0.25) is 0 Å². The first-order valence-electron chi connectivity index (χ1n) is 10.5. The van der Waals surface area contributed by atoms with Crippen molar-refractivity contribution in [1.29, 1.82) is 0 Å². The molecule has 0 spiro atoms. The lowest BCUT2D eigenvalue weighted by Crippen LogP contribution is -2.40. The number of rotatable bonds is 6. The van der Waals surface area contributed by atoms with Gasteiger partial charge in [-0.25, -0.2) is 9.78 Å². The summed E-state index contributed by atoms with van der Waals surface area (Å²) >= 11 is 0. The van der Waals surface area contributed by atoms with Gasteiger partial charge in [0.25, 0.3) is 5.56 Å². The molecule has 2 aromatic rings. The van der Waals surface area contributed by atoms with Crippen molar-refractivity contribution >= 4 is 16.7 Å². The maximum Gasteiger partial charge on any atom is 0.416 e. The molecule has 2 aliphatic carbocycles. The second-order valence-corrected chi connectivity index (χ2v) is 7.89. The first kappa shape index (κ1) is 23.5. The van der Waals surface area contributed by atoms with Gasteiger partial charge < -0.3 is 9.67 Å². The van der Waals surface area contributed by atoms with Gasteiger partial charge >= 0.3 is 11.9 Å². The van der Waals surface area contributed by atoms with Crippen molar-refractivity contribution in [3.63, 3.8) is 0 Å². The monoisotopic (exact) mass is 476 g/mol. The Morgan fingerprint density at radius 1 is 1.18 bits per heavy atom. The molecule has 0 fully saturated rings. The summed E-state index contributed by atoms with van der Waals surface area (Å²) in [6, 6.07) is 0. The lowest BCUT2D eigenvalue weighted by atomic mass is 9.98. The highest BCUT2D eigenvalue weighted by molar-refractivity contribution is 5.78.